The van der Waals surface area contributed by atoms with Crippen LogP contribution in [-0.4, -0.2) is 27.2 Å². The van der Waals surface area contributed by atoms with E-state index < -0.39 is 21.8 Å². The molecule has 0 aliphatic heterocycles. The fourth-order valence-corrected chi connectivity index (χ4v) is 4.82. The highest BCUT2D eigenvalue weighted by Crippen LogP contribution is 2.39. The number of hydrogen-bond acceptors (Lipinski definition) is 7. The number of nitrogens with zero attached hydrogens (tertiary/aromatic N) is 1. The monoisotopic (exact) mass is 400 g/mol. The zero-order chi connectivity index (χ0) is 18.6. The van der Waals surface area contributed by atoms with Crippen LogP contribution in [0.3, 0.4) is 0 Å². The molecule has 0 spiro atoms. The summed E-state index contributed by atoms with van der Waals surface area (Å²) in [5.41, 5.74) is -0.0779. The molecule has 6 nitrogen and oxygen atoms in total. The number of rotatable bonds is 6. The van der Waals surface area contributed by atoms with Gasteiger partial charge in [0.1, 0.15) is 22.3 Å². The van der Waals surface area contributed by atoms with E-state index >= 15 is 0 Å². The van der Waals surface area contributed by atoms with Crippen LogP contribution in [0.4, 0.5) is 10.1 Å². The highest BCUT2D eigenvalue weighted by atomic mass is 32.2. The van der Waals surface area contributed by atoms with E-state index in [9.17, 15) is 22.9 Å². The summed E-state index contributed by atoms with van der Waals surface area (Å²) in [6.45, 7) is 1.73. The number of nitriles is 1. The minimum Gasteiger partial charge on any atom is -0.462 e. The van der Waals surface area contributed by atoms with Crippen molar-refractivity contribution in [1.82, 2.24) is 0 Å². The summed E-state index contributed by atoms with van der Waals surface area (Å²) in [6, 6.07) is 6.11. The third-order valence-electron chi connectivity index (χ3n) is 2.99. The van der Waals surface area contributed by atoms with Crippen LogP contribution in [0.15, 0.2) is 33.4 Å². The molecule has 1 N–H and O–H groups in total. The van der Waals surface area contributed by atoms with E-state index in [0.29, 0.717) is 4.21 Å². The Morgan fingerprint density at radius 1 is 1.40 bits per heavy atom. The van der Waals surface area contributed by atoms with Crippen LogP contribution in [0.2, 0.25) is 0 Å². The normalized spacial score (nSPS) is 11.0. The highest BCUT2D eigenvalue weighted by Gasteiger charge is 2.27. The lowest BCUT2D eigenvalue weighted by Crippen LogP contribution is -2.16. The first-order valence-corrected chi connectivity index (χ1v) is 10.4. The summed E-state index contributed by atoms with van der Waals surface area (Å²) in [4.78, 5) is 11.9. The second-order valence-corrected chi connectivity index (χ2v) is 8.34. The summed E-state index contributed by atoms with van der Waals surface area (Å²) in [5.74, 6) is -1.30. The largest absolute Gasteiger partial charge is 0.462 e. The van der Waals surface area contributed by atoms with Crippen LogP contribution in [0.25, 0.3) is 0 Å². The molecule has 2 rings (SSSR count). The van der Waals surface area contributed by atoms with Gasteiger partial charge in [-0.3, -0.25) is 4.72 Å². The van der Waals surface area contributed by atoms with Crippen LogP contribution in [-0.2, 0) is 14.8 Å². The molecule has 0 bridgehead atoms. The first kappa shape index (κ1) is 19.2. The predicted octanol–water partition coefficient (Wildman–Crippen LogP) is 3.46. The predicted molar refractivity (Wildman–Crippen MR) is 94.0 cm³/mol. The number of ether oxygens (including phenoxy) is 1. The molecule has 0 aliphatic carbocycles. The molecule has 0 fully saturated rings. The molecule has 1 aromatic carbocycles. The summed E-state index contributed by atoms with van der Waals surface area (Å²) in [6.07, 6.45) is 1.71. The average molecular weight is 400 g/mol. The summed E-state index contributed by atoms with van der Waals surface area (Å²) in [5, 5.41) is 9.37. The third kappa shape index (κ3) is 4.12. The van der Waals surface area contributed by atoms with Gasteiger partial charge in [-0.15, -0.1) is 23.1 Å². The minimum atomic E-state index is -4.11. The maximum atomic E-state index is 13.0. The third-order valence-corrected chi connectivity index (χ3v) is 6.65. The Kier molecular flexibility index (Phi) is 6.05. The van der Waals surface area contributed by atoms with Gasteiger partial charge in [0.2, 0.25) is 0 Å². The van der Waals surface area contributed by atoms with Crippen LogP contribution in [0, 0.1) is 17.1 Å². The van der Waals surface area contributed by atoms with E-state index in [2.05, 4.69) is 4.72 Å². The van der Waals surface area contributed by atoms with E-state index in [-0.39, 0.29) is 27.6 Å². The molecule has 132 valence electrons. The summed E-state index contributed by atoms with van der Waals surface area (Å²) >= 11 is 2.19. The molecule has 0 saturated carbocycles. The fourth-order valence-electron chi connectivity index (χ4n) is 1.90. The lowest BCUT2D eigenvalue weighted by molar-refractivity contribution is 0.0533. The number of nitrogens with one attached hydrogen (secondary N) is 1. The van der Waals surface area contributed by atoms with Crippen LogP contribution in [0.5, 0.6) is 0 Å². The first-order chi connectivity index (χ1) is 11.8. The smallest absolute Gasteiger partial charge is 0.350 e. The molecule has 1 aromatic heterocycles. The van der Waals surface area contributed by atoms with Crippen LogP contribution in [0.1, 0.15) is 22.2 Å². The van der Waals surface area contributed by atoms with Gasteiger partial charge in [-0.2, -0.15) is 5.26 Å². The molecule has 0 atom stereocenters. The van der Waals surface area contributed by atoms with Gasteiger partial charge in [0.05, 0.1) is 21.4 Å². The number of carbonyl (C=O) groups excluding carboxylic acids is 1. The number of thiophene rings is 1. The van der Waals surface area contributed by atoms with Crippen molar-refractivity contribution in [3.05, 3.63) is 40.5 Å². The quantitative estimate of drug-likeness (QED) is 0.589. The number of carbonyl (C=O) groups is 1. The minimum absolute atomic E-state index is 0.00608. The van der Waals surface area contributed by atoms with E-state index in [1.165, 1.54) is 11.8 Å². The number of hydrogen-bond donors (Lipinski definition) is 1. The van der Waals surface area contributed by atoms with Crippen LogP contribution >= 0.6 is 23.1 Å². The van der Waals surface area contributed by atoms with E-state index in [1.54, 1.807) is 13.2 Å². The standard InChI is InChI=1S/C15H13FN2O4S3/c1-3-22-14(19)13-12(11(8-17)15(23-2)24-13)18-25(20,21)10-6-4-9(16)5-7-10/h4-7,18H,3H2,1-2H3. The first-order valence-electron chi connectivity index (χ1n) is 6.90. The number of anilines is 1. The van der Waals surface area contributed by atoms with E-state index in [1.807, 2.05) is 6.07 Å². The summed E-state index contributed by atoms with van der Waals surface area (Å²) < 4.78 is 45.7. The fraction of sp³-hybridized carbons (Fsp3) is 0.200. The van der Waals surface area contributed by atoms with Gasteiger partial charge < -0.3 is 4.74 Å². The Labute approximate surface area is 152 Å². The van der Waals surface area contributed by atoms with E-state index in [0.717, 1.165) is 35.6 Å². The van der Waals surface area contributed by atoms with Gasteiger partial charge in [-0.25, -0.2) is 17.6 Å². The zero-order valence-electron chi connectivity index (χ0n) is 13.2. The van der Waals surface area contributed by atoms with Crippen molar-refractivity contribution >= 4 is 44.8 Å². The molecule has 1 heterocycles. The van der Waals surface area contributed by atoms with Crippen molar-refractivity contribution in [1.29, 1.82) is 5.26 Å². The van der Waals surface area contributed by atoms with Gasteiger partial charge in [-0.1, -0.05) is 0 Å². The van der Waals surface area contributed by atoms with Gasteiger partial charge in [0.25, 0.3) is 10.0 Å². The summed E-state index contributed by atoms with van der Waals surface area (Å²) in [7, 11) is -4.11. The second kappa shape index (κ2) is 7.86. The van der Waals surface area contributed by atoms with E-state index in [4.69, 9.17) is 4.74 Å². The SMILES string of the molecule is CCOC(=O)c1sc(SC)c(C#N)c1NS(=O)(=O)c1ccc(F)cc1. The number of esters is 1. The Morgan fingerprint density at radius 3 is 2.56 bits per heavy atom. The second-order valence-electron chi connectivity index (χ2n) is 4.56. The molecule has 0 aliphatic rings. The van der Waals surface area contributed by atoms with Crippen molar-refractivity contribution < 1.29 is 22.3 Å². The lowest BCUT2D eigenvalue weighted by atomic mass is 10.3. The zero-order valence-corrected chi connectivity index (χ0v) is 15.6. The number of halogens is 1. The van der Waals surface area contributed by atoms with Crippen molar-refractivity contribution in [2.45, 2.75) is 16.0 Å². The molecule has 0 unspecified atom stereocenters. The number of thioether (sulfide) groups is 1. The number of sulfonamides is 1. The highest BCUT2D eigenvalue weighted by molar-refractivity contribution is 8.00. The lowest BCUT2D eigenvalue weighted by Gasteiger charge is -2.09. The molecule has 0 amide bonds. The van der Waals surface area contributed by atoms with Gasteiger partial charge in [-0.05, 0) is 37.4 Å². The Morgan fingerprint density at radius 2 is 2.04 bits per heavy atom. The average Bonchev–Trinajstić information content (AvgIpc) is 2.92. The Hall–Kier alpha value is -2.09. The maximum Gasteiger partial charge on any atom is 0.350 e. The Balaban J connectivity index is 2.53. The Bertz CT molecular complexity index is 931. The van der Waals surface area contributed by atoms with Gasteiger partial charge >= 0.3 is 5.97 Å². The van der Waals surface area contributed by atoms with Crippen molar-refractivity contribution in [3.63, 3.8) is 0 Å². The van der Waals surface area contributed by atoms with Crippen LogP contribution < -0.4 is 4.72 Å². The topological polar surface area (TPSA) is 96.3 Å². The number of benzene rings is 1. The molecule has 10 heteroatoms. The molecule has 25 heavy (non-hydrogen) atoms. The van der Waals surface area contributed by atoms with Crippen molar-refractivity contribution in [2.75, 3.05) is 17.6 Å². The van der Waals surface area contributed by atoms with Gasteiger partial charge in [0.15, 0.2) is 0 Å². The van der Waals surface area contributed by atoms with Gasteiger partial charge in [0, 0.05) is 0 Å². The molecule has 0 saturated heterocycles. The molecular formula is C15H13FN2O4S3. The maximum absolute atomic E-state index is 13.0. The molecule has 2 aromatic rings. The van der Waals surface area contributed by atoms with Crippen molar-refractivity contribution in [2.24, 2.45) is 0 Å². The van der Waals surface area contributed by atoms with Crippen molar-refractivity contribution in [3.8, 4) is 6.07 Å². The molecule has 0 radical (unpaired) electrons. The molecular weight excluding hydrogens is 387 g/mol.